The molecule has 0 heterocycles. The number of unbranched alkanes of at least 4 members (excludes halogenated alkanes) is 48. The lowest BCUT2D eigenvalue weighted by atomic mass is 10.0. The Balaban J connectivity index is 5.22. The molecular formula is C73H142O17P2. The van der Waals surface area contributed by atoms with E-state index in [-0.39, 0.29) is 25.7 Å². The average Bonchev–Trinajstić information content (AvgIpc) is 1.67. The molecule has 0 radical (unpaired) electrons. The zero-order valence-corrected chi connectivity index (χ0v) is 61.3. The second-order valence-corrected chi connectivity index (χ2v) is 29.2. The van der Waals surface area contributed by atoms with Gasteiger partial charge in [0, 0.05) is 25.7 Å². The molecule has 0 spiro atoms. The molecule has 0 aliphatic rings. The van der Waals surface area contributed by atoms with Gasteiger partial charge in [0.05, 0.1) is 26.4 Å². The van der Waals surface area contributed by atoms with Crippen molar-refractivity contribution in [3.8, 4) is 0 Å². The standard InChI is InChI=1S/C73H142O17P2/c1-5-9-13-17-21-25-28-31-33-34-35-37-40-44-48-52-56-60-73(78)90-69(64-84-71(76)58-54-50-46-42-39-36-32-29-26-22-18-14-10-6-2)66-88-92(81,82)86-62-67(74)61-85-91(79,80)87-65-68(63-83-70(75)57-53-49-45-41-24-20-16-12-8-4)89-72(77)59-55-51-47-43-38-30-27-23-19-15-11-7-3/h67-69,74H,5-66H2,1-4H3,(H,79,80)(H,81,82)/t67-,68+,69+/m0/s1. The van der Waals surface area contributed by atoms with Crippen LogP contribution in [0.3, 0.4) is 0 Å². The molecule has 3 N–H and O–H groups in total. The molecule has 5 atom stereocenters. The van der Waals surface area contributed by atoms with Crippen LogP contribution in [-0.2, 0) is 65.4 Å². The van der Waals surface area contributed by atoms with Crippen molar-refractivity contribution in [2.75, 3.05) is 39.6 Å². The summed E-state index contributed by atoms with van der Waals surface area (Å²) in [6, 6.07) is 0. The molecule has 0 bridgehead atoms. The Bertz CT molecular complexity index is 1760. The normalized spacial score (nSPS) is 13.9. The molecule has 17 nitrogen and oxygen atoms in total. The number of phosphoric acid groups is 2. The smallest absolute Gasteiger partial charge is 0.462 e. The monoisotopic (exact) mass is 1350 g/mol. The number of ether oxygens (including phenoxy) is 4. The molecule has 0 saturated carbocycles. The highest BCUT2D eigenvalue weighted by atomic mass is 31.2. The van der Waals surface area contributed by atoms with Crippen LogP contribution < -0.4 is 0 Å². The highest BCUT2D eigenvalue weighted by molar-refractivity contribution is 7.47. The summed E-state index contributed by atoms with van der Waals surface area (Å²) < 4.78 is 68.4. The molecule has 546 valence electrons. The summed E-state index contributed by atoms with van der Waals surface area (Å²) in [4.78, 5) is 72.6. The van der Waals surface area contributed by atoms with Crippen LogP contribution in [0.25, 0.3) is 0 Å². The summed E-state index contributed by atoms with van der Waals surface area (Å²) in [6.45, 7) is 4.96. The molecule has 0 aliphatic carbocycles. The Morgan fingerprint density at radius 1 is 0.261 bits per heavy atom. The lowest BCUT2D eigenvalue weighted by Crippen LogP contribution is -2.30. The largest absolute Gasteiger partial charge is 0.472 e. The van der Waals surface area contributed by atoms with E-state index in [1.807, 2.05) is 0 Å². The van der Waals surface area contributed by atoms with Gasteiger partial charge in [-0.3, -0.25) is 37.3 Å². The maximum Gasteiger partial charge on any atom is 0.472 e. The van der Waals surface area contributed by atoms with Gasteiger partial charge >= 0.3 is 39.5 Å². The molecular weight excluding hydrogens is 1210 g/mol. The van der Waals surface area contributed by atoms with E-state index in [1.54, 1.807) is 0 Å². The van der Waals surface area contributed by atoms with Crippen molar-refractivity contribution in [1.82, 2.24) is 0 Å². The van der Waals surface area contributed by atoms with Crippen LogP contribution in [-0.4, -0.2) is 96.7 Å². The number of hydrogen-bond acceptors (Lipinski definition) is 15. The Kier molecular flexibility index (Phi) is 66.2. The molecule has 0 aromatic carbocycles. The summed E-state index contributed by atoms with van der Waals surface area (Å²) in [5.41, 5.74) is 0. The molecule has 0 saturated heterocycles. The highest BCUT2D eigenvalue weighted by Crippen LogP contribution is 2.45. The van der Waals surface area contributed by atoms with Crippen molar-refractivity contribution >= 4 is 39.5 Å². The quantitative estimate of drug-likeness (QED) is 0.0222. The highest BCUT2D eigenvalue weighted by Gasteiger charge is 2.30. The zero-order chi connectivity index (χ0) is 67.5. The van der Waals surface area contributed by atoms with Crippen LogP contribution >= 0.6 is 15.6 Å². The van der Waals surface area contributed by atoms with Crippen LogP contribution in [0.15, 0.2) is 0 Å². The van der Waals surface area contributed by atoms with E-state index >= 15 is 0 Å². The van der Waals surface area contributed by atoms with E-state index in [4.69, 9.17) is 37.0 Å². The van der Waals surface area contributed by atoms with Crippen LogP contribution in [0, 0.1) is 0 Å². The van der Waals surface area contributed by atoms with Crippen molar-refractivity contribution in [1.29, 1.82) is 0 Å². The number of esters is 4. The number of rotatable bonds is 74. The Morgan fingerprint density at radius 2 is 0.435 bits per heavy atom. The van der Waals surface area contributed by atoms with E-state index in [0.29, 0.717) is 25.7 Å². The van der Waals surface area contributed by atoms with E-state index in [1.165, 1.54) is 218 Å². The SMILES string of the molecule is CCCCCCCCCCCCCCCCCCCC(=O)O[C@H](COC(=O)CCCCCCCCCCCCCCCC)COP(=O)(O)OC[C@@H](O)COP(=O)(O)OC[C@@H](COC(=O)CCCCCCCCCCC)OC(=O)CCCCCCCCCCCCCC. The molecule has 0 rings (SSSR count). The fourth-order valence-corrected chi connectivity index (χ4v) is 12.8. The zero-order valence-electron chi connectivity index (χ0n) is 59.5. The summed E-state index contributed by atoms with van der Waals surface area (Å²) in [5, 5.41) is 10.6. The third kappa shape index (κ3) is 66.7. The summed E-state index contributed by atoms with van der Waals surface area (Å²) in [6.07, 6.45) is 56.7. The summed E-state index contributed by atoms with van der Waals surface area (Å²) >= 11 is 0. The van der Waals surface area contributed by atoms with Gasteiger partial charge in [-0.1, -0.05) is 336 Å². The van der Waals surface area contributed by atoms with Gasteiger partial charge in [-0.2, -0.15) is 0 Å². The molecule has 0 aliphatic heterocycles. The predicted octanol–water partition coefficient (Wildman–Crippen LogP) is 21.4. The first-order chi connectivity index (χ1) is 44.7. The first-order valence-corrected chi connectivity index (χ1v) is 41.3. The minimum atomic E-state index is -4.95. The Labute approximate surface area is 562 Å². The summed E-state index contributed by atoms with van der Waals surface area (Å²) in [7, 11) is -9.90. The van der Waals surface area contributed by atoms with E-state index in [0.717, 1.165) is 89.9 Å². The maximum atomic E-state index is 13.1. The number of carbonyl (C=O) groups is 4. The number of phosphoric ester groups is 2. The number of carbonyl (C=O) groups excluding carboxylic acids is 4. The van der Waals surface area contributed by atoms with E-state index in [2.05, 4.69) is 27.7 Å². The van der Waals surface area contributed by atoms with Crippen molar-refractivity contribution in [2.45, 2.75) is 406 Å². The fraction of sp³-hybridized carbons (Fsp3) is 0.945. The summed E-state index contributed by atoms with van der Waals surface area (Å²) in [5.74, 6) is -2.11. The topological polar surface area (TPSA) is 237 Å². The maximum absolute atomic E-state index is 13.1. The van der Waals surface area contributed by atoms with E-state index < -0.39 is 97.5 Å². The molecule has 19 heteroatoms. The minimum Gasteiger partial charge on any atom is -0.462 e. The van der Waals surface area contributed by atoms with Crippen molar-refractivity contribution in [3.63, 3.8) is 0 Å². The molecule has 0 fully saturated rings. The lowest BCUT2D eigenvalue weighted by molar-refractivity contribution is -0.161. The first kappa shape index (κ1) is 90.1. The van der Waals surface area contributed by atoms with Crippen molar-refractivity contribution in [3.05, 3.63) is 0 Å². The van der Waals surface area contributed by atoms with Crippen LogP contribution in [0.5, 0.6) is 0 Å². The van der Waals surface area contributed by atoms with Gasteiger partial charge in [0.2, 0.25) is 0 Å². The van der Waals surface area contributed by atoms with Gasteiger partial charge in [0.1, 0.15) is 19.3 Å². The van der Waals surface area contributed by atoms with Gasteiger partial charge in [0.25, 0.3) is 0 Å². The van der Waals surface area contributed by atoms with Crippen molar-refractivity contribution in [2.24, 2.45) is 0 Å². The number of hydrogen-bond donors (Lipinski definition) is 3. The molecule has 0 amide bonds. The van der Waals surface area contributed by atoms with Crippen LogP contribution in [0.1, 0.15) is 387 Å². The van der Waals surface area contributed by atoms with Gasteiger partial charge in [-0.15, -0.1) is 0 Å². The molecule has 0 aromatic heterocycles. The minimum absolute atomic E-state index is 0.108. The Hall–Kier alpha value is -1.94. The average molecular weight is 1350 g/mol. The van der Waals surface area contributed by atoms with Crippen molar-refractivity contribution < 1.29 is 80.2 Å². The number of aliphatic hydroxyl groups is 1. The van der Waals surface area contributed by atoms with E-state index in [9.17, 15) is 43.2 Å². The fourth-order valence-electron chi connectivity index (χ4n) is 11.2. The van der Waals surface area contributed by atoms with Gasteiger partial charge in [-0.25, -0.2) is 9.13 Å². The Morgan fingerprint density at radius 3 is 0.641 bits per heavy atom. The van der Waals surface area contributed by atoms with Crippen LogP contribution in [0.2, 0.25) is 0 Å². The molecule has 2 unspecified atom stereocenters. The predicted molar refractivity (Wildman–Crippen MR) is 372 cm³/mol. The first-order valence-electron chi connectivity index (χ1n) is 38.3. The lowest BCUT2D eigenvalue weighted by Gasteiger charge is -2.21. The third-order valence-electron chi connectivity index (χ3n) is 17.1. The second-order valence-electron chi connectivity index (χ2n) is 26.3. The number of aliphatic hydroxyl groups excluding tert-OH is 1. The molecule has 92 heavy (non-hydrogen) atoms. The third-order valence-corrected chi connectivity index (χ3v) is 19.0. The van der Waals surface area contributed by atoms with Gasteiger partial charge in [-0.05, 0) is 25.7 Å². The second kappa shape index (κ2) is 67.6. The van der Waals surface area contributed by atoms with Gasteiger partial charge < -0.3 is 33.8 Å². The molecule has 0 aromatic rings. The van der Waals surface area contributed by atoms with Crippen LogP contribution in [0.4, 0.5) is 0 Å². The van der Waals surface area contributed by atoms with Gasteiger partial charge in [0.15, 0.2) is 12.2 Å².